The Morgan fingerprint density at radius 3 is 2.71 bits per heavy atom. The first-order valence-electron chi connectivity index (χ1n) is 11.4. The molecule has 7 heteroatoms. The molecular formula is C27H27ClN4O2. The fourth-order valence-electron chi connectivity index (χ4n) is 4.85. The fourth-order valence-corrected chi connectivity index (χ4v) is 5.04. The molecule has 1 atom stereocenters. The third-order valence-corrected chi connectivity index (χ3v) is 6.88. The second-order valence-electron chi connectivity index (χ2n) is 9.19. The number of likely N-dealkylation sites (N-methyl/N-ethyl adjacent to an activating group) is 1. The number of halogens is 1. The molecule has 2 N–H and O–H groups in total. The number of nitrogens with zero attached hydrogens (tertiary/aromatic N) is 2. The minimum absolute atomic E-state index is 0.0118. The number of carbonyl (C=O) groups is 2. The number of amides is 2. The number of aromatic nitrogens is 1. The average molecular weight is 475 g/mol. The molecule has 3 aromatic rings. The highest BCUT2D eigenvalue weighted by Gasteiger charge is 2.31. The Bertz CT molecular complexity index is 1320. The van der Waals surface area contributed by atoms with E-state index in [-0.39, 0.29) is 11.8 Å². The number of aryl methyl sites for hydroxylation is 1. The minimum Gasteiger partial charge on any atom is -0.358 e. The molecule has 0 saturated carbocycles. The zero-order chi connectivity index (χ0) is 24.0. The maximum Gasteiger partial charge on any atom is 0.256 e. The van der Waals surface area contributed by atoms with E-state index in [0.29, 0.717) is 34.4 Å². The van der Waals surface area contributed by atoms with Gasteiger partial charge in [-0.25, -0.2) is 0 Å². The minimum atomic E-state index is -0.191. The van der Waals surface area contributed by atoms with E-state index in [2.05, 4.69) is 15.2 Å². The molecular weight excluding hydrogens is 448 g/mol. The zero-order valence-electron chi connectivity index (χ0n) is 19.5. The molecule has 1 aromatic heterocycles. The van der Waals surface area contributed by atoms with Crippen LogP contribution in [0.4, 0.5) is 5.69 Å². The van der Waals surface area contributed by atoms with Crippen molar-refractivity contribution in [3.8, 4) is 11.1 Å². The first-order valence-corrected chi connectivity index (χ1v) is 11.8. The molecule has 0 bridgehead atoms. The van der Waals surface area contributed by atoms with Crippen LogP contribution in [-0.4, -0.2) is 59.8 Å². The molecule has 1 fully saturated rings. The summed E-state index contributed by atoms with van der Waals surface area (Å²) < 4.78 is 0. The molecule has 2 aromatic carbocycles. The van der Waals surface area contributed by atoms with Crippen LogP contribution in [-0.2, 0) is 4.79 Å². The Morgan fingerprint density at radius 1 is 1.18 bits per heavy atom. The number of hydrogen-bond donors (Lipinski definition) is 2. The van der Waals surface area contributed by atoms with Crippen LogP contribution in [0.2, 0.25) is 5.02 Å². The summed E-state index contributed by atoms with van der Waals surface area (Å²) >= 11 is 6.24. The SMILES string of the molecule is Cc1cc(C(=O)N2CC[C@@H](N(C)C)C2)c(/C=C2\C(=O)Nc3cccc(-c4cccc(Cl)c4)c32)[nH]1. The topological polar surface area (TPSA) is 68.4 Å². The molecule has 34 heavy (non-hydrogen) atoms. The lowest BCUT2D eigenvalue weighted by Crippen LogP contribution is -2.34. The number of likely N-dealkylation sites (tertiary alicyclic amines) is 1. The first kappa shape index (κ1) is 22.4. The van der Waals surface area contributed by atoms with Crippen LogP contribution >= 0.6 is 11.6 Å². The van der Waals surface area contributed by atoms with E-state index >= 15 is 0 Å². The molecule has 0 spiro atoms. The van der Waals surface area contributed by atoms with Crippen LogP contribution in [0.5, 0.6) is 0 Å². The van der Waals surface area contributed by atoms with E-state index in [4.69, 9.17) is 11.6 Å². The highest BCUT2D eigenvalue weighted by Crippen LogP contribution is 2.41. The molecule has 0 radical (unpaired) electrons. The smallest absolute Gasteiger partial charge is 0.256 e. The molecule has 1 saturated heterocycles. The highest BCUT2D eigenvalue weighted by atomic mass is 35.5. The van der Waals surface area contributed by atoms with E-state index in [1.807, 2.05) is 74.4 Å². The Hall–Kier alpha value is -3.35. The molecule has 5 rings (SSSR count). The number of fused-ring (bicyclic) bond motifs is 1. The molecule has 6 nitrogen and oxygen atoms in total. The molecule has 3 heterocycles. The van der Waals surface area contributed by atoms with Gasteiger partial charge in [0.05, 0.1) is 16.8 Å². The highest BCUT2D eigenvalue weighted by molar-refractivity contribution is 6.36. The summed E-state index contributed by atoms with van der Waals surface area (Å²) in [4.78, 5) is 33.8. The van der Waals surface area contributed by atoms with Crippen LogP contribution in [0, 0.1) is 6.92 Å². The van der Waals surface area contributed by atoms with Crippen molar-refractivity contribution in [1.29, 1.82) is 0 Å². The standard InChI is InChI=1S/C27H27ClN4O2/c1-16-12-21(27(34)32-11-10-19(15-32)31(2)3)24(29-16)14-22-25-20(17-6-4-7-18(28)13-17)8-5-9-23(25)30-26(22)33/h4-9,12-14,19,29H,10-11,15H2,1-3H3,(H,30,33)/b22-14-/t19-/m1/s1. The Balaban J connectivity index is 1.56. The number of H-pyrrole nitrogens is 1. The van der Waals surface area contributed by atoms with Crippen LogP contribution in [0.25, 0.3) is 22.8 Å². The van der Waals surface area contributed by atoms with Gasteiger partial charge in [-0.15, -0.1) is 0 Å². The number of anilines is 1. The van der Waals surface area contributed by atoms with Gasteiger partial charge in [-0.1, -0.05) is 35.9 Å². The summed E-state index contributed by atoms with van der Waals surface area (Å²) in [6, 6.07) is 15.6. The number of benzene rings is 2. The van der Waals surface area contributed by atoms with Crippen LogP contribution in [0.3, 0.4) is 0 Å². The molecule has 0 unspecified atom stereocenters. The quantitative estimate of drug-likeness (QED) is 0.528. The van der Waals surface area contributed by atoms with Gasteiger partial charge in [0.2, 0.25) is 0 Å². The van der Waals surface area contributed by atoms with Gasteiger partial charge >= 0.3 is 0 Å². The van der Waals surface area contributed by atoms with Crippen LogP contribution in [0.15, 0.2) is 48.5 Å². The van der Waals surface area contributed by atoms with Gasteiger partial charge in [-0.05, 0) is 68.9 Å². The number of hydrogen-bond acceptors (Lipinski definition) is 3. The van der Waals surface area contributed by atoms with Gasteiger partial charge in [0.25, 0.3) is 11.8 Å². The van der Waals surface area contributed by atoms with E-state index < -0.39 is 0 Å². The van der Waals surface area contributed by atoms with Crippen LogP contribution in [0.1, 0.15) is 33.7 Å². The largest absolute Gasteiger partial charge is 0.358 e. The van der Waals surface area contributed by atoms with Crippen molar-refractivity contribution in [2.75, 3.05) is 32.5 Å². The normalized spacial score (nSPS) is 18.6. The second-order valence-corrected chi connectivity index (χ2v) is 9.62. The third kappa shape index (κ3) is 4.04. The van der Waals surface area contributed by atoms with Crippen LogP contribution < -0.4 is 5.32 Å². The van der Waals surface area contributed by atoms with Gasteiger partial charge in [-0.3, -0.25) is 9.59 Å². The van der Waals surface area contributed by atoms with E-state index in [9.17, 15) is 9.59 Å². The molecule has 0 aliphatic carbocycles. The monoisotopic (exact) mass is 474 g/mol. The maximum absolute atomic E-state index is 13.4. The number of carbonyl (C=O) groups excluding carboxylic acids is 2. The van der Waals surface area contributed by atoms with Crippen molar-refractivity contribution in [3.05, 3.63) is 76.1 Å². The Labute approximate surface area is 204 Å². The summed E-state index contributed by atoms with van der Waals surface area (Å²) in [5.41, 5.74) is 6.04. The van der Waals surface area contributed by atoms with Crippen molar-refractivity contribution in [2.45, 2.75) is 19.4 Å². The van der Waals surface area contributed by atoms with Gasteiger partial charge in [0.15, 0.2) is 0 Å². The van der Waals surface area contributed by atoms with Crippen molar-refractivity contribution in [2.24, 2.45) is 0 Å². The summed E-state index contributed by atoms with van der Waals surface area (Å²) in [5.74, 6) is -0.203. The van der Waals surface area contributed by atoms with Gasteiger partial charge in [0.1, 0.15) is 0 Å². The second kappa shape index (κ2) is 8.78. The molecule has 2 amide bonds. The lowest BCUT2D eigenvalue weighted by atomic mass is 9.94. The van der Waals surface area contributed by atoms with Crippen molar-refractivity contribution < 1.29 is 9.59 Å². The predicted octanol–water partition coefficient (Wildman–Crippen LogP) is 4.91. The van der Waals surface area contributed by atoms with E-state index in [0.717, 1.165) is 41.0 Å². The summed E-state index contributed by atoms with van der Waals surface area (Å²) in [5, 5.41) is 3.60. The summed E-state index contributed by atoms with van der Waals surface area (Å²) in [6.45, 7) is 3.35. The molecule has 174 valence electrons. The number of aromatic amines is 1. The van der Waals surface area contributed by atoms with E-state index in [1.165, 1.54) is 0 Å². The predicted molar refractivity (Wildman–Crippen MR) is 137 cm³/mol. The van der Waals surface area contributed by atoms with Crippen molar-refractivity contribution in [3.63, 3.8) is 0 Å². The summed E-state index contributed by atoms with van der Waals surface area (Å²) in [7, 11) is 4.09. The van der Waals surface area contributed by atoms with Gasteiger partial charge in [-0.2, -0.15) is 0 Å². The van der Waals surface area contributed by atoms with E-state index in [1.54, 1.807) is 6.08 Å². The maximum atomic E-state index is 13.4. The zero-order valence-corrected chi connectivity index (χ0v) is 20.2. The number of rotatable bonds is 4. The summed E-state index contributed by atoms with van der Waals surface area (Å²) in [6.07, 6.45) is 2.76. The Morgan fingerprint density at radius 2 is 1.97 bits per heavy atom. The average Bonchev–Trinajstić information content (AvgIpc) is 3.51. The fraction of sp³-hybridized carbons (Fsp3) is 0.259. The van der Waals surface area contributed by atoms with Gasteiger partial charge in [0, 0.05) is 41.1 Å². The van der Waals surface area contributed by atoms with Gasteiger partial charge < -0.3 is 20.1 Å². The third-order valence-electron chi connectivity index (χ3n) is 6.65. The lowest BCUT2D eigenvalue weighted by Gasteiger charge is -2.20. The number of nitrogens with one attached hydrogen (secondary N) is 2. The lowest BCUT2D eigenvalue weighted by molar-refractivity contribution is -0.110. The first-order chi connectivity index (χ1) is 16.3. The molecule has 2 aliphatic rings. The molecule has 2 aliphatic heterocycles. The van der Waals surface area contributed by atoms with Crippen molar-refractivity contribution >= 4 is 40.8 Å². The Kier molecular flexibility index (Phi) is 5.80. The van der Waals surface area contributed by atoms with Crippen molar-refractivity contribution in [1.82, 2.24) is 14.8 Å².